The number of halogens is 3. The van der Waals surface area contributed by atoms with Gasteiger partial charge in [0.05, 0.1) is 19.6 Å². The smallest absolute Gasteiger partial charge is 0.261 e. The van der Waals surface area contributed by atoms with Gasteiger partial charge in [-0.2, -0.15) is 0 Å². The van der Waals surface area contributed by atoms with Crippen LogP contribution in [-0.4, -0.2) is 19.3 Å². The summed E-state index contributed by atoms with van der Waals surface area (Å²) in [4.78, 5) is 16.7. The summed E-state index contributed by atoms with van der Waals surface area (Å²) in [5.74, 6) is -0.966. The summed E-state index contributed by atoms with van der Waals surface area (Å²) < 4.78 is 40.8. The number of amides is 1. The van der Waals surface area contributed by atoms with Gasteiger partial charge >= 0.3 is 0 Å². The van der Waals surface area contributed by atoms with Gasteiger partial charge in [0.15, 0.2) is 5.13 Å². The molecule has 0 bridgehead atoms. The van der Waals surface area contributed by atoms with Crippen molar-refractivity contribution in [1.29, 1.82) is 0 Å². The van der Waals surface area contributed by atoms with Crippen LogP contribution in [0.15, 0.2) is 65.6 Å². The number of carbonyl (C=O) groups excluding carboxylic acids is 1. The Labute approximate surface area is 190 Å². The minimum Gasteiger partial charge on any atom is -0.298 e. The number of rotatable bonds is 5. The van der Waals surface area contributed by atoms with Gasteiger partial charge in [-0.25, -0.2) is 17.8 Å². The normalized spacial score (nSPS) is 11.5. The fourth-order valence-corrected chi connectivity index (χ4v) is 5.16. The van der Waals surface area contributed by atoms with Crippen molar-refractivity contribution in [2.45, 2.75) is 4.90 Å². The van der Waals surface area contributed by atoms with Crippen LogP contribution in [0.3, 0.4) is 0 Å². The van der Waals surface area contributed by atoms with Gasteiger partial charge in [-0.05, 0) is 60.7 Å². The summed E-state index contributed by atoms with van der Waals surface area (Å²) in [6.07, 6.45) is 0. The molecule has 0 saturated carbocycles. The second-order valence-corrected chi connectivity index (χ2v) is 9.81. The van der Waals surface area contributed by atoms with Gasteiger partial charge in [0.2, 0.25) is 0 Å². The molecule has 0 fully saturated rings. The molecule has 6 nitrogen and oxygen atoms in total. The highest BCUT2D eigenvalue weighted by molar-refractivity contribution is 7.92. The van der Waals surface area contributed by atoms with E-state index in [4.69, 9.17) is 23.2 Å². The molecule has 0 saturated heterocycles. The third-order valence-electron chi connectivity index (χ3n) is 4.19. The maximum absolute atomic E-state index is 13.0. The topological polar surface area (TPSA) is 88.2 Å². The second kappa shape index (κ2) is 8.43. The maximum atomic E-state index is 13.0. The number of aromatic nitrogens is 1. The van der Waals surface area contributed by atoms with Crippen molar-refractivity contribution in [3.8, 4) is 0 Å². The number of anilines is 2. The fourth-order valence-electron chi connectivity index (χ4n) is 2.69. The third-order valence-corrected chi connectivity index (χ3v) is 7.32. The lowest BCUT2D eigenvalue weighted by atomic mass is 10.2. The molecule has 4 rings (SSSR count). The molecule has 0 spiro atoms. The Morgan fingerprint density at radius 1 is 0.935 bits per heavy atom. The first-order valence-electron chi connectivity index (χ1n) is 8.67. The minimum absolute atomic E-state index is 0.0797. The quantitative estimate of drug-likeness (QED) is 0.366. The van der Waals surface area contributed by atoms with E-state index in [9.17, 15) is 17.6 Å². The Bertz CT molecular complexity index is 1350. The third kappa shape index (κ3) is 4.64. The van der Waals surface area contributed by atoms with E-state index >= 15 is 0 Å². The Hall–Kier alpha value is -2.72. The standard InChI is InChI=1S/C20H12Cl2FN3O3S2/c21-15-9-10-16(22)18-17(15)24-20(30-18)25-19(27)11-1-5-13(6-2-11)26-31(28,29)14-7-3-12(23)4-8-14/h1-10,26H,(H,24,25,27). The van der Waals surface area contributed by atoms with Gasteiger partial charge in [-0.1, -0.05) is 34.5 Å². The predicted octanol–water partition coefficient (Wildman–Crippen LogP) is 5.80. The van der Waals surface area contributed by atoms with Crippen LogP contribution < -0.4 is 10.0 Å². The Morgan fingerprint density at radius 2 is 1.58 bits per heavy atom. The average molecular weight is 496 g/mol. The highest BCUT2D eigenvalue weighted by Gasteiger charge is 2.16. The van der Waals surface area contributed by atoms with Crippen molar-refractivity contribution in [1.82, 2.24) is 4.98 Å². The first-order valence-corrected chi connectivity index (χ1v) is 11.7. The van der Waals surface area contributed by atoms with Gasteiger partial charge in [-0.15, -0.1) is 0 Å². The molecule has 4 aromatic rings. The highest BCUT2D eigenvalue weighted by atomic mass is 35.5. The molecule has 0 aliphatic heterocycles. The van der Waals surface area contributed by atoms with Crippen molar-refractivity contribution in [3.63, 3.8) is 0 Å². The molecule has 11 heteroatoms. The summed E-state index contributed by atoms with van der Waals surface area (Å²) in [6, 6.07) is 13.5. The summed E-state index contributed by atoms with van der Waals surface area (Å²) in [5, 5.41) is 3.91. The molecule has 0 aliphatic carbocycles. The van der Waals surface area contributed by atoms with E-state index in [1.807, 2.05) is 0 Å². The molecular formula is C20H12Cl2FN3O3S2. The van der Waals surface area contributed by atoms with Crippen LogP contribution in [0.2, 0.25) is 10.0 Å². The number of hydrogen-bond acceptors (Lipinski definition) is 5. The van der Waals surface area contributed by atoms with E-state index < -0.39 is 21.7 Å². The molecule has 0 aliphatic rings. The van der Waals surface area contributed by atoms with Gasteiger partial charge in [0.25, 0.3) is 15.9 Å². The second-order valence-electron chi connectivity index (χ2n) is 6.32. The molecule has 2 N–H and O–H groups in total. The monoisotopic (exact) mass is 495 g/mol. The zero-order valence-corrected chi connectivity index (χ0v) is 18.5. The van der Waals surface area contributed by atoms with Crippen LogP contribution in [0.1, 0.15) is 10.4 Å². The lowest BCUT2D eigenvalue weighted by Gasteiger charge is -2.09. The summed E-state index contributed by atoms with van der Waals surface area (Å²) in [5.41, 5.74) is 1.04. The molecule has 1 aromatic heterocycles. The molecule has 1 heterocycles. The van der Waals surface area contributed by atoms with Crippen molar-refractivity contribution in [2.24, 2.45) is 0 Å². The van der Waals surface area contributed by atoms with Crippen LogP contribution in [0.4, 0.5) is 15.2 Å². The van der Waals surface area contributed by atoms with Gasteiger partial charge < -0.3 is 0 Å². The Morgan fingerprint density at radius 3 is 2.23 bits per heavy atom. The number of thiazole rings is 1. The summed E-state index contributed by atoms with van der Waals surface area (Å²) in [7, 11) is -3.89. The summed E-state index contributed by atoms with van der Waals surface area (Å²) in [6.45, 7) is 0. The van der Waals surface area contributed by atoms with Gasteiger partial charge in [0, 0.05) is 11.3 Å². The van der Waals surface area contributed by atoms with Crippen LogP contribution in [0.25, 0.3) is 10.2 Å². The van der Waals surface area contributed by atoms with E-state index in [1.165, 1.54) is 35.6 Å². The SMILES string of the molecule is O=C(Nc1nc2c(Cl)ccc(Cl)c2s1)c1ccc(NS(=O)(=O)c2ccc(F)cc2)cc1. The average Bonchev–Trinajstić information content (AvgIpc) is 3.16. The zero-order chi connectivity index (χ0) is 22.2. The van der Waals surface area contributed by atoms with Crippen molar-refractivity contribution in [2.75, 3.05) is 10.0 Å². The van der Waals surface area contributed by atoms with E-state index in [0.717, 1.165) is 24.3 Å². The van der Waals surface area contributed by atoms with E-state index in [1.54, 1.807) is 12.1 Å². The van der Waals surface area contributed by atoms with E-state index in [2.05, 4.69) is 15.0 Å². The van der Waals surface area contributed by atoms with Crippen LogP contribution in [-0.2, 0) is 10.0 Å². The van der Waals surface area contributed by atoms with E-state index in [-0.39, 0.29) is 10.6 Å². The fraction of sp³-hybridized carbons (Fsp3) is 0. The minimum atomic E-state index is -3.89. The molecule has 3 aromatic carbocycles. The predicted molar refractivity (Wildman–Crippen MR) is 121 cm³/mol. The van der Waals surface area contributed by atoms with Crippen LogP contribution >= 0.6 is 34.5 Å². The number of fused-ring (bicyclic) bond motifs is 1. The lowest BCUT2D eigenvalue weighted by Crippen LogP contribution is -2.14. The molecule has 0 unspecified atom stereocenters. The molecule has 0 atom stereocenters. The van der Waals surface area contributed by atoms with Gasteiger partial charge in [-0.3, -0.25) is 14.8 Å². The first-order chi connectivity index (χ1) is 14.7. The molecule has 158 valence electrons. The zero-order valence-electron chi connectivity index (χ0n) is 15.4. The number of sulfonamides is 1. The van der Waals surface area contributed by atoms with Crippen molar-refractivity contribution in [3.05, 3.63) is 82.1 Å². The molecule has 31 heavy (non-hydrogen) atoms. The molecule has 1 amide bonds. The number of carbonyl (C=O) groups is 1. The Balaban J connectivity index is 1.49. The van der Waals surface area contributed by atoms with Crippen LogP contribution in [0, 0.1) is 5.82 Å². The van der Waals surface area contributed by atoms with Crippen LogP contribution in [0.5, 0.6) is 0 Å². The highest BCUT2D eigenvalue weighted by Crippen LogP contribution is 2.36. The first kappa shape index (κ1) is 21.5. The van der Waals surface area contributed by atoms with Gasteiger partial charge in [0.1, 0.15) is 11.3 Å². The molecular weight excluding hydrogens is 484 g/mol. The van der Waals surface area contributed by atoms with Crippen molar-refractivity contribution < 1.29 is 17.6 Å². The lowest BCUT2D eigenvalue weighted by molar-refractivity contribution is 0.102. The maximum Gasteiger partial charge on any atom is 0.261 e. The molecule has 0 radical (unpaired) electrons. The largest absolute Gasteiger partial charge is 0.298 e. The summed E-state index contributed by atoms with van der Waals surface area (Å²) >= 11 is 13.5. The number of nitrogens with zero attached hydrogens (tertiary/aromatic N) is 1. The Kier molecular flexibility index (Phi) is 5.85. The van der Waals surface area contributed by atoms with E-state index in [0.29, 0.717) is 31.0 Å². The number of nitrogens with one attached hydrogen (secondary N) is 2. The number of hydrogen-bond donors (Lipinski definition) is 2. The van der Waals surface area contributed by atoms with Crippen molar-refractivity contribution >= 4 is 71.5 Å². The number of benzene rings is 3.